The number of amides is 1. The Hall–Kier alpha value is -2.24. The van der Waals surface area contributed by atoms with Crippen LogP contribution in [0.25, 0.3) is 0 Å². The van der Waals surface area contributed by atoms with Crippen molar-refractivity contribution in [1.82, 2.24) is 5.32 Å². The van der Waals surface area contributed by atoms with Crippen LogP contribution in [0.4, 0.5) is 0 Å². The summed E-state index contributed by atoms with van der Waals surface area (Å²) in [4.78, 5) is 22.5. The summed E-state index contributed by atoms with van der Waals surface area (Å²) in [5.41, 5.74) is 0.0598. The molecule has 1 amide bonds. The van der Waals surface area contributed by atoms with Gasteiger partial charge in [-0.3, -0.25) is 4.79 Å². The highest BCUT2D eigenvalue weighted by atomic mass is 16.5. The van der Waals surface area contributed by atoms with Gasteiger partial charge in [0.05, 0.1) is 13.7 Å². The zero-order valence-electron chi connectivity index (χ0n) is 11.2. The molecule has 2 N–H and O–H groups in total. The molecule has 1 saturated heterocycles. The first kappa shape index (κ1) is 14.2. The number of para-hydroxylation sites is 1. The minimum atomic E-state index is -1.07. The molecule has 0 spiro atoms. The molecule has 0 saturated carbocycles. The molecule has 1 unspecified atom stereocenters. The van der Waals surface area contributed by atoms with Crippen LogP contribution in [0.3, 0.4) is 0 Å². The first-order chi connectivity index (χ1) is 9.61. The van der Waals surface area contributed by atoms with Crippen molar-refractivity contribution >= 4 is 11.9 Å². The lowest BCUT2D eigenvalue weighted by Gasteiger charge is -2.23. The van der Waals surface area contributed by atoms with Crippen LogP contribution in [0.5, 0.6) is 11.5 Å². The number of benzene rings is 1. The molecule has 2 rings (SSSR count). The first-order valence-electron chi connectivity index (χ1n) is 6.41. The third kappa shape index (κ3) is 3.20. The number of carbonyl (C=O) groups excluding carboxylic acids is 1. The summed E-state index contributed by atoms with van der Waals surface area (Å²) in [6.45, 7) is 0.929. The number of methoxy groups -OCH3 is 1. The van der Waals surface area contributed by atoms with Gasteiger partial charge < -0.3 is 19.9 Å². The fourth-order valence-corrected chi connectivity index (χ4v) is 2.19. The van der Waals surface area contributed by atoms with Crippen LogP contribution in [0.15, 0.2) is 18.2 Å². The van der Waals surface area contributed by atoms with Gasteiger partial charge in [-0.25, -0.2) is 4.79 Å². The second-order valence-corrected chi connectivity index (χ2v) is 4.66. The van der Waals surface area contributed by atoms with E-state index in [0.29, 0.717) is 25.3 Å². The Morgan fingerprint density at radius 1 is 1.50 bits per heavy atom. The maximum atomic E-state index is 11.3. The summed E-state index contributed by atoms with van der Waals surface area (Å²) in [7, 11) is 1.46. The average Bonchev–Trinajstić information content (AvgIpc) is 2.44. The number of hydrogen-bond acceptors (Lipinski definition) is 4. The van der Waals surface area contributed by atoms with E-state index in [9.17, 15) is 9.59 Å². The van der Waals surface area contributed by atoms with Gasteiger partial charge in [0.1, 0.15) is 5.56 Å². The number of piperidine rings is 1. The monoisotopic (exact) mass is 279 g/mol. The maximum Gasteiger partial charge on any atom is 0.339 e. The summed E-state index contributed by atoms with van der Waals surface area (Å²) in [6.07, 6.45) is 1.22. The minimum absolute atomic E-state index is 0.00309. The largest absolute Gasteiger partial charge is 0.493 e. The summed E-state index contributed by atoms with van der Waals surface area (Å²) in [5, 5.41) is 11.9. The van der Waals surface area contributed by atoms with Gasteiger partial charge in [-0.1, -0.05) is 6.07 Å². The van der Waals surface area contributed by atoms with Crippen LogP contribution in [-0.4, -0.2) is 37.2 Å². The fraction of sp³-hybridized carbons (Fsp3) is 0.429. The number of nitrogens with one attached hydrogen (secondary N) is 1. The molecule has 108 valence electrons. The van der Waals surface area contributed by atoms with E-state index < -0.39 is 5.97 Å². The van der Waals surface area contributed by atoms with Gasteiger partial charge in [0.15, 0.2) is 11.5 Å². The summed E-state index contributed by atoms with van der Waals surface area (Å²) in [5.74, 6) is -0.377. The Bertz CT molecular complexity index is 514. The van der Waals surface area contributed by atoms with Crippen molar-refractivity contribution in [3.05, 3.63) is 23.8 Å². The van der Waals surface area contributed by atoms with Gasteiger partial charge in [-0.05, 0) is 18.6 Å². The molecule has 0 aromatic heterocycles. The van der Waals surface area contributed by atoms with Crippen molar-refractivity contribution in [2.75, 3.05) is 20.3 Å². The van der Waals surface area contributed by atoms with E-state index in [1.165, 1.54) is 13.2 Å². The number of carboxylic acid groups (broad SMARTS) is 1. The molecule has 1 heterocycles. The molecule has 0 bridgehead atoms. The SMILES string of the molecule is COc1cccc(C(=O)O)c1OCC1CCNC(=O)C1. The minimum Gasteiger partial charge on any atom is -0.493 e. The van der Waals surface area contributed by atoms with Gasteiger partial charge in [0.25, 0.3) is 0 Å². The maximum absolute atomic E-state index is 11.3. The lowest BCUT2D eigenvalue weighted by atomic mass is 9.99. The fourth-order valence-electron chi connectivity index (χ4n) is 2.19. The molecule has 6 nitrogen and oxygen atoms in total. The predicted octanol–water partition coefficient (Wildman–Crippen LogP) is 1.30. The zero-order valence-corrected chi connectivity index (χ0v) is 11.2. The van der Waals surface area contributed by atoms with E-state index in [1.807, 2.05) is 0 Å². The number of hydrogen-bond donors (Lipinski definition) is 2. The Labute approximate surface area is 116 Å². The third-order valence-electron chi connectivity index (χ3n) is 3.24. The normalized spacial score (nSPS) is 18.2. The zero-order chi connectivity index (χ0) is 14.5. The van der Waals surface area contributed by atoms with Crippen molar-refractivity contribution in [1.29, 1.82) is 0 Å². The molecule has 6 heteroatoms. The van der Waals surface area contributed by atoms with E-state index in [0.717, 1.165) is 6.42 Å². The van der Waals surface area contributed by atoms with Crippen molar-refractivity contribution < 1.29 is 24.2 Å². The number of carboxylic acids is 1. The topological polar surface area (TPSA) is 84.9 Å². The van der Waals surface area contributed by atoms with Crippen molar-refractivity contribution in [3.8, 4) is 11.5 Å². The smallest absolute Gasteiger partial charge is 0.339 e. The van der Waals surface area contributed by atoms with Crippen LogP contribution in [0.1, 0.15) is 23.2 Å². The number of aromatic carboxylic acids is 1. The predicted molar refractivity (Wildman–Crippen MR) is 71.2 cm³/mol. The molecule has 1 fully saturated rings. The molecule has 1 aromatic rings. The van der Waals surface area contributed by atoms with Crippen molar-refractivity contribution in [2.24, 2.45) is 5.92 Å². The lowest BCUT2D eigenvalue weighted by Crippen LogP contribution is -2.35. The summed E-state index contributed by atoms with van der Waals surface area (Å²) in [6, 6.07) is 4.71. The number of carbonyl (C=O) groups is 2. The second kappa shape index (κ2) is 6.27. The van der Waals surface area contributed by atoms with Crippen LogP contribution in [0, 0.1) is 5.92 Å². The standard InChI is InChI=1S/C14H17NO5/c1-19-11-4-2-3-10(14(17)18)13(11)20-8-9-5-6-15-12(16)7-9/h2-4,9H,5-8H2,1H3,(H,15,16)(H,17,18). The highest BCUT2D eigenvalue weighted by Crippen LogP contribution is 2.32. The van der Waals surface area contributed by atoms with E-state index in [-0.39, 0.29) is 23.1 Å². The van der Waals surface area contributed by atoms with Crippen LogP contribution >= 0.6 is 0 Å². The van der Waals surface area contributed by atoms with E-state index >= 15 is 0 Å². The Morgan fingerprint density at radius 2 is 2.30 bits per heavy atom. The average molecular weight is 279 g/mol. The number of rotatable bonds is 5. The van der Waals surface area contributed by atoms with Gasteiger partial charge >= 0.3 is 5.97 Å². The highest BCUT2D eigenvalue weighted by molar-refractivity contribution is 5.92. The van der Waals surface area contributed by atoms with Gasteiger partial charge in [-0.2, -0.15) is 0 Å². The van der Waals surface area contributed by atoms with Gasteiger partial charge in [0, 0.05) is 18.9 Å². The highest BCUT2D eigenvalue weighted by Gasteiger charge is 2.22. The Balaban J connectivity index is 2.11. The van der Waals surface area contributed by atoms with Crippen LogP contribution in [-0.2, 0) is 4.79 Å². The molecule has 1 aliphatic heterocycles. The molecular formula is C14H17NO5. The number of ether oxygens (including phenoxy) is 2. The molecule has 20 heavy (non-hydrogen) atoms. The molecule has 1 atom stereocenters. The van der Waals surface area contributed by atoms with E-state index in [2.05, 4.69) is 5.32 Å². The van der Waals surface area contributed by atoms with Crippen LogP contribution in [0.2, 0.25) is 0 Å². The Morgan fingerprint density at radius 3 is 2.95 bits per heavy atom. The van der Waals surface area contributed by atoms with Crippen molar-refractivity contribution in [2.45, 2.75) is 12.8 Å². The summed E-state index contributed by atoms with van der Waals surface area (Å²) >= 11 is 0. The first-order valence-corrected chi connectivity index (χ1v) is 6.41. The van der Waals surface area contributed by atoms with Crippen molar-refractivity contribution in [3.63, 3.8) is 0 Å². The van der Waals surface area contributed by atoms with E-state index in [4.69, 9.17) is 14.6 Å². The third-order valence-corrected chi connectivity index (χ3v) is 3.24. The summed E-state index contributed by atoms with van der Waals surface area (Å²) < 4.78 is 10.8. The molecule has 0 aliphatic carbocycles. The second-order valence-electron chi connectivity index (χ2n) is 4.66. The molecular weight excluding hydrogens is 262 g/mol. The quantitative estimate of drug-likeness (QED) is 0.848. The van der Waals surface area contributed by atoms with Gasteiger partial charge in [0.2, 0.25) is 5.91 Å². The van der Waals surface area contributed by atoms with Crippen LogP contribution < -0.4 is 14.8 Å². The van der Waals surface area contributed by atoms with E-state index in [1.54, 1.807) is 12.1 Å². The Kier molecular flexibility index (Phi) is 4.45. The molecule has 1 aliphatic rings. The molecule has 1 aromatic carbocycles. The molecule has 0 radical (unpaired) electrons. The van der Waals surface area contributed by atoms with Gasteiger partial charge in [-0.15, -0.1) is 0 Å². The lowest BCUT2D eigenvalue weighted by molar-refractivity contribution is -0.123.